The fraction of sp³-hybridized carbons (Fsp3) is 0.400. The Morgan fingerprint density at radius 1 is 1.50 bits per heavy atom. The molecule has 0 fully saturated rings. The van der Waals surface area contributed by atoms with E-state index in [9.17, 15) is 15.2 Å². The monoisotopic (exact) mass is 226 g/mol. The maximum atomic E-state index is 10.7. The van der Waals surface area contributed by atoms with Crippen LogP contribution in [0.4, 0.5) is 11.4 Å². The normalized spacial score (nSPS) is 12.2. The first-order chi connectivity index (χ1) is 7.56. The first-order valence-electron chi connectivity index (χ1n) is 4.79. The van der Waals surface area contributed by atoms with Gasteiger partial charge < -0.3 is 15.1 Å². The maximum absolute atomic E-state index is 10.7. The Morgan fingerprint density at radius 3 is 2.69 bits per heavy atom. The van der Waals surface area contributed by atoms with Gasteiger partial charge in [-0.1, -0.05) is 12.1 Å². The summed E-state index contributed by atoms with van der Waals surface area (Å²) in [4.78, 5) is 11.8. The van der Waals surface area contributed by atoms with Gasteiger partial charge in [-0.3, -0.25) is 10.1 Å². The van der Waals surface area contributed by atoms with Gasteiger partial charge >= 0.3 is 0 Å². The van der Waals surface area contributed by atoms with Crippen LogP contribution in [0.2, 0.25) is 0 Å². The molecule has 0 spiro atoms. The van der Waals surface area contributed by atoms with E-state index in [-0.39, 0.29) is 18.8 Å². The molecule has 0 aliphatic rings. The van der Waals surface area contributed by atoms with Crippen molar-refractivity contribution in [1.82, 2.24) is 0 Å². The van der Waals surface area contributed by atoms with Crippen molar-refractivity contribution in [2.45, 2.75) is 6.10 Å². The summed E-state index contributed by atoms with van der Waals surface area (Å²) in [6.45, 7) is -0.230. The Kier molecular flexibility index (Phi) is 4.21. The number of anilines is 1. The van der Waals surface area contributed by atoms with Gasteiger partial charge in [-0.05, 0) is 6.07 Å². The predicted molar refractivity (Wildman–Crippen MR) is 59.5 cm³/mol. The number of hydrogen-bond acceptors (Lipinski definition) is 5. The summed E-state index contributed by atoms with van der Waals surface area (Å²) in [7, 11) is 1.63. The van der Waals surface area contributed by atoms with E-state index in [2.05, 4.69) is 0 Å². The van der Waals surface area contributed by atoms with E-state index in [0.29, 0.717) is 5.69 Å². The Balaban J connectivity index is 2.90. The van der Waals surface area contributed by atoms with E-state index in [1.807, 2.05) is 0 Å². The van der Waals surface area contributed by atoms with Crippen LogP contribution in [0.1, 0.15) is 0 Å². The van der Waals surface area contributed by atoms with Gasteiger partial charge in [-0.25, -0.2) is 0 Å². The average molecular weight is 226 g/mol. The van der Waals surface area contributed by atoms with E-state index in [1.54, 1.807) is 30.1 Å². The van der Waals surface area contributed by atoms with Crippen LogP contribution in [0.3, 0.4) is 0 Å². The SMILES string of the molecule is CN(C[C@H](O)CO)c1ccccc1[N+](=O)[O-]. The Morgan fingerprint density at radius 2 is 2.12 bits per heavy atom. The molecule has 1 aromatic rings. The molecule has 0 aliphatic heterocycles. The molecule has 0 saturated heterocycles. The molecule has 0 unspecified atom stereocenters. The predicted octanol–water partition coefficient (Wildman–Crippen LogP) is 0.384. The molecule has 6 heteroatoms. The molecule has 0 aliphatic carbocycles. The van der Waals surface area contributed by atoms with E-state index < -0.39 is 11.0 Å². The average Bonchev–Trinajstić information content (AvgIpc) is 2.28. The van der Waals surface area contributed by atoms with E-state index in [0.717, 1.165) is 0 Å². The molecule has 0 heterocycles. The molecule has 2 N–H and O–H groups in total. The highest BCUT2D eigenvalue weighted by molar-refractivity contribution is 5.62. The Labute approximate surface area is 92.9 Å². The third kappa shape index (κ3) is 2.91. The van der Waals surface area contributed by atoms with Gasteiger partial charge in [0.15, 0.2) is 0 Å². The van der Waals surface area contributed by atoms with Gasteiger partial charge in [-0.2, -0.15) is 0 Å². The Hall–Kier alpha value is -1.66. The lowest BCUT2D eigenvalue weighted by molar-refractivity contribution is -0.384. The maximum Gasteiger partial charge on any atom is 0.292 e. The zero-order chi connectivity index (χ0) is 12.1. The van der Waals surface area contributed by atoms with Crippen LogP contribution in [0, 0.1) is 10.1 Å². The minimum atomic E-state index is -0.912. The van der Waals surface area contributed by atoms with Crippen LogP contribution >= 0.6 is 0 Å². The van der Waals surface area contributed by atoms with Crippen LogP contribution in [0.25, 0.3) is 0 Å². The summed E-state index contributed by atoms with van der Waals surface area (Å²) in [5, 5.41) is 28.7. The molecule has 1 atom stereocenters. The van der Waals surface area contributed by atoms with Gasteiger partial charge in [0.2, 0.25) is 0 Å². The molecule has 16 heavy (non-hydrogen) atoms. The van der Waals surface area contributed by atoms with Crippen LogP contribution in [0.15, 0.2) is 24.3 Å². The van der Waals surface area contributed by atoms with Crippen molar-refractivity contribution >= 4 is 11.4 Å². The zero-order valence-electron chi connectivity index (χ0n) is 8.91. The van der Waals surface area contributed by atoms with Crippen molar-refractivity contribution in [2.75, 3.05) is 25.1 Å². The van der Waals surface area contributed by atoms with Gasteiger partial charge in [0, 0.05) is 19.7 Å². The highest BCUT2D eigenvalue weighted by atomic mass is 16.6. The molecule has 6 nitrogen and oxygen atoms in total. The van der Waals surface area contributed by atoms with E-state index in [1.165, 1.54) is 6.07 Å². The number of aliphatic hydroxyl groups excluding tert-OH is 2. The number of nitro groups is 1. The van der Waals surface area contributed by atoms with Gasteiger partial charge in [-0.15, -0.1) is 0 Å². The second-order valence-corrected chi connectivity index (χ2v) is 3.46. The number of hydrogen-bond donors (Lipinski definition) is 2. The number of benzene rings is 1. The number of para-hydroxylation sites is 2. The summed E-state index contributed by atoms with van der Waals surface area (Å²) in [5.74, 6) is 0. The smallest absolute Gasteiger partial charge is 0.292 e. The molecule has 0 amide bonds. The minimum Gasteiger partial charge on any atom is -0.394 e. The van der Waals surface area contributed by atoms with E-state index >= 15 is 0 Å². The third-order valence-electron chi connectivity index (χ3n) is 2.19. The fourth-order valence-corrected chi connectivity index (χ4v) is 1.41. The first-order valence-corrected chi connectivity index (χ1v) is 4.79. The van der Waals surface area contributed by atoms with Gasteiger partial charge in [0.1, 0.15) is 5.69 Å². The molecule has 0 aromatic heterocycles. The molecule has 0 radical (unpaired) electrons. The minimum absolute atomic E-state index is 0.0184. The van der Waals surface area contributed by atoms with Crippen molar-refractivity contribution in [2.24, 2.45) is 0 Å². The fourth-order valence-electron chi connectivity index (χ4n) is 1.41. The lowest BCUT2D eigenvalue weighted by Crippen LogP contribution is -2.31. The molecular weight excluding hydrogens is 212 g/mol. The van der Waals surface area contributed by atoms with Gasteiger partial charge in [0.25, 0.3) is 5.69 Å². The first kappa shape index (κ1) is 12.4. The van der Waals surface area contributed by atoms with Crippen LogP contribution in [-0.4, -0.2) is 41.4 Å². The summed E-state index contributed by atoms with van der Waals surface area (Å²) in [5.41, 5.74) is 0.398. The lowest BCUT2D eigenvalue weighted by atomic mass is 10.2. The second kappa shape index (κ2) is 5.43. The number of nitro benzene ring substituents is 1. The molecule has 1 rings (SSSR count). The van der Waals surface area contributed by atoms with Crippen molar-refractivity contribution < 1.29 is 15.1 Å². The molecular formula is C10H14N2O4. The van der Waals surface area contributed by atoms with Crippen molar-refractivity contribution in [3.05, 3.63) is 34.4 Å². The topological polar surface area (TPSA) is 86.8 Å². The second-order valence-electron chi connectivity index (χ2n) is 3.46. The molecule has 0 bridgehead atoms. The van der Waals surface area contributed by atoms with Crippen LogP contribution in [-0.2, 0) is 0 Å². The van der Waals surface area contributed by atoms with Crippen molar-refractivity contribution in [3.8, 4) is 0 Å². The van der Waals surface area contributed by atoms with Crippen LogP contribution in [0.5, 0.6) is 0 Å². The summed E-state index contributed by atoms with van der Waals surface area (Å²) in [6, 6.07) is 6.27. The highest BCUT2D eigenvalue weighted by Crippen LogP contribution is 2.26. The summed E-state index contributed by atoms with van der Waals surface area (Å²) >= 11 is 0. The largest absolute Gasteiger partial charge is 0.394 e. The van der Waals surface area contributed by atoms with Crippen molar-refractivity contribution in [3.63, 3.8) is 0 Å². The zero-order valence-corrected chi connectivity index (χ0v) is 8.91. The third-order valence-corrected chi connectivity index (χ3v) is 2.19. The summed E-state index contributed by atoms with van der Waals surface area (Å²) in [6.07, 6.45) is -0.912. The van der Waals surface area contributed by atoms with Crippen LogP contribution < -0.4 is 4.90 Å². The Bertz CT molecular complexity index is 370. The standard InChI is InChI=1S/C10H14N2O4/c1-11(6-8(14)7-13)9-4-2-3-5-10(9)12(15)16/h2-5,8,13-14H,6-7H2,1H3/t8-/m0/s1. The number of likely N-dealkylation sites (N-methyl/N-ethyl adjacent to an activating group) is 1. The molecule has 88 valence electrons. The lowest BCUT2D eigenvalue weighted by Gasteiger charge is -2.21. The summed E-state index contributed by atoms with van der Waals surface area (Å²) < 4.78 is 0. The highest BCUT2D eigenvalue weighted by Gasteiger charge is 2.17. The molecule has 1 aromatic carbocycles. The van der Waals surface area contributed by atoms with E-state index in [4.69, 9.17) is 5.11 Å². The van der Waals surface area contributed by atoms with Crippen molar-refractivity contribution in [1.29, 1.82) is 0 Å². The number of rotatable bonds is 5. The van der Waals surface area contributed by atoms with Gasteiger partial charge in [0.05, 0.1) is 17.6 Å². The number of aliphatic hydroxyl groups is 2. The molecule has 0 saturated carbocycles. The number of nitrogens with zero attached hydrogens (tertiary/aromatic N) is 2. The quantitative estimate of drug-likeness (QED) is 0.560.